The number of H-pyrrole nitrogens is 1. The molecule has 0 saturated heterocycles. The topological polar surface area (TPSA) is 33.0 Å². The summed E-state index contributed by atoms with van der Waals surface area (Å²) < 4.78 is 0. The van der Waals surface area contributed by atoms with Gasteiger partial charge in [-0.2, -0.15) is 5.10 Å². The number of hydrogen-bond donors (Lipinski definition) is 1. The minimum Gasteiger partial charge on any atom is -0.279 e. The molecule has 0 aliphatic carbocycles. The summed E-state index contributed by atoms with van der Waals surface area (Å²) in [7, 11) is 0. The fraction of sp³-hybridized carbons (Fsp3) is 0.273. The van der Waals surface area contributed by atoms with Gasteiger partial charge in [0.15, 0.2) is 5.69 Å². The van der Waals surface area contributed by atoms with Gasteiger partial charge in [0.1, 0.15) is 0 Å². The highest BCUT2D eigenvalue weighted by Crippen LogP contribution is 2.29. The monoisotopic (exact) mass is 185 g/mol. The Kier molecular flexibility index (Phi) is 1.97. The van der Waals surface area contributed by atoms with Crippen LogP contribution < -0.4 is 0 Å². The molecular weight excluding hydrogens is 174 g/mol. The Balaban J connectivity index is 2.78. The van der Waals surface area contributed by atoms with Crippen LogP contribution in [0.5, 0.6) is 0 Å². The number of benzene rings is 1. The molecule has 70 valence electrons. The molecule has 1 aromatic carbocycles. The lowest BCUT2D eigenvalue weighted by atomic mass is 9.99. The lowest BCUT2D eigenvalue weighted by molar-refractivity contribution is 0.877. The largest absolute Gasteiger partial charge is 0.279 e. The molecule has 3 heteroatoms. The molecule has 0 amide bonds. The molecule has 0 aliphatic heterocycles. The van der Waals surface area contributed by atoms with E-state index in [-0.39, 0.29) is 0 Å². The number of hydrogen-bond acceptors (Lipinski definition) is 1. The van der Waals surface area contributed by atoms with Gasteiger partial charge in [-0.05, 0) is 17.5 Å². The summed E-state index contributed by atoms with van der Waals surface area (Å²) in [4.78, 5) is 3.45. The molecule has 1 aromatic heterocycles. The number of rotatable bonds is 1. The summed E-state index contributed by atoms with van der Waals surface area (Å²) >= 11 is 0. The number of aromatic amines is 1. The van der Waals surface area contributed by atoms with Crippen LogP contribution >= 0.6 is 0 Å². The van der Waals surface area contributed by atoms with Crippen molar-refractivity contribution in [3.8, 4) is 0 Å². The Hall–Kier alpha value is -1.82. The SMILES string of the molecule is [C-]#[N+]c1cc(C(C)C)c2cn[nH]c2c1. The highest BCUT2D eigenvalue weighted by atomic mass is 15.1. The summed E-state index contributed by atoms with van der Waals surface area (Å²) in [5, 5.41) is 8.01. The first-order valence-electron chi connectivity index (χ1n) is 4.57. The molecule has 0 bridgehead atoms. The molecule has 14 heavy (non-hydrogen) atoms. The molecule has 0 atom stereocenters. The highest BCUT2D eigenvalue weighted by molar-refractivity contribution is 5.86. The maximum atomic E-state index is 7.00. The van der Waals surface area contributed by atoms with Crippen molar-refractivity contribution in [3.05, 3.63) is 35.3 Å². The van der Waals surface area contributed by atoms with Gasteiger partial charge >= 0.3 is 0 Å². The predicted molar refractivity (Wildman–Crippen MR) is 56.4 cm³/mol. The van der Waals surface area contributed by atoms with E-state index in [0.717, 1.165) is 10.9 Å². The second kappa shape index (κ2) is 3.15. The third-order valence-electron chi connectivity index (χ3n) is 2.33. The van der Waals surface area contributed by atoms with Gasteiger partial charge in [-0.3, -0.25) is 5.10 Å². The van der Waals surface area contributed by atoms with Gasteiger partial charge in [0.25, 0.3) is 0 Å². The first-order valence-corrected chi connectivity index (χ1v) is 4.57. The van der Waals surface area contributed by atoms with E-state index in [2.05, 4.69) is 28.9 Å². The average molecular weight is 185 g/mol. The summed E-state index contributed by atoms with van der Waals surface area (Å²) in [5.74, 6) is 0.414. The molecular formula is C11H11N3. The molecule has 2 aromatic rings. The van der Waals surface area contributed by atoms with Crippen LogP contribution in [0.15, 0.2) is 18.3 Å². The van der Waals surface area contributed by atoms with Crippen molar-refractivity contribution >= 4 is 16.6 Å². The van der Waals surface area contributed by atoms with Crippen molar-refractivity contribution in [2.24, 2.45) is 0 Å². The summed E-state index contributed by atoms with van der Waals surface area (Å²) in [5.41, 5.74) is 2.80. The van der Waals surface area contributed by atoms with Gasteiger partial charge in [0.2, 0.25) is 0 Å². The molecule has 1 heterocycles. The van der Waals surface area contributed by atoms with Crippen molar-refractivity contribution in [1.82, 2.24) is 10.2 Å². The second-order valence-corrected chi connectivity index (χ2v) is 3.63. The maximum absolute atomic E-state index is 7.00. The van der Waals surface area contributed by atoms with E-state index in [1.165, 1.54) is 5.56 Å². The maximum Gasteiger partial charge on any atom is 0.189 e. The first-order chi connectivity index (χ1) is 6.72. The Labute approximate surface area is 82.6 Å². The van der Waals surface area contributed by atoms with E-state index in [9.17, 15) is 0 Å². The van der Waals surface area contributed by atoms with E-state index >= 15 is 0 Å². The van der Waals surface area contributed by atoms with Crippen molar-refractivity contribution < 1.29 is 0 Å². The fourth-order valence-electron chi connectivity index (χ4n) is 1.61. The molecule has 0 fully saturated rings. The molecule has 3 nitrogen and oxygen atoms in total. The van der Waals surface area contributed by atoms with Gasteiger partial charge in [0.05, 0.1) is 18.3 Å². The standard InChI is InChI=1S/C11H11N3/c1-7(2)9-4-8(12-3)5-11-10(9)6-13-14-11/h4-7H,1-2H3,(H,13,14). The van der Waals surface area contributed by atoms with Crippen LogP contribution in [-0.4, -0.2) is 10.2 Å². The van der Waals surface area contributed by atoms with Gasteiger partial charge < -0.3 is 0 Å². The normalized spacial score (nSPS) is 10.7. The van der Waals surface area contributed by atoms with E-state index in [0.29, 0.717) is 11.6 Å². The van der Waals surface area contributed by atoms with Gasteiger partial charge in [-0.15, -0.1) is 0 Å². The minimum absolute atomic E-state index is 0.414. The number of nitrogens with zero attached hydrogens (tertiary/aromatic N) is 2. The number of fused-ring (bicyclic) bond motifs is 1. The second-order valence-electron chi connectivity index (χ2n) is 3.63. The lowest BCUT2D eigenvalue weighted by Gasteiger charge is -2.07. The van der Waals surface area contributed by atoms with E-state index in [4.69, 9.17) is 6.57 Å². The Morgan fingerprint density at radius 1 is 1.43 bits per heavy atom. The summed E-state index contributed by atoms with van der Waals surface area (Å²) in [6.45, 7) is 11.2. The molecule has 0 unspecified atom stereocenters. The lowest BCUT2D eigenvalue weighted by Crippen LogP contribution is -1.87. The molecule has 1 N–H and O–H groups in total. The quantitative estimate of drug-likeness (QED) is 0.680. The van der Waals surface area contributed by atoms with Crippen LogP contribution in [0.4, 0.5) is 5.69 Å². The van der Waals surface area contributed by atoms with Crippen LogP contribution in [0.1, 0.15) is 25.3 Å². The van der Waals surface area contributed by atoms with Gasteiger partial charge in [-0.25, -0.2) is 4.85 Å². The van der Waals surface area contributed by atoms with Crippen LogP contribution in [0.2, 0.25) is 0 Å². The zero-order chi connectivity index (χ0) is 10.1. The average Bonchev–Trinajstić information content (AvgIpc) is 2.63. The number of nitrogens with one attached hydrogen (secondary N) is 1. The minimum atomic E-state index is 0.414. The van der Waals surface area contributed by atoms with Crippen LogP contribution in [0.25, 0.3) is 15.7 Å². The van der Waals surface area contributed by atoms with Crippen molar-refractivity contribution in [2.45, 2.75) is 19.8 Å². The molecule has 0 radical (unpaired) electrons. The summed E-state index contributed by atoms with van der Waals surface area (Å²) in [6, 6.07) is 3.77. The first kappa shape index (κ1) is 8.76. The van der Waals surface area contributed by atoms with Gasteiger partial charge in [0, 0.05) is 5.39 Å². The Bertz CT molecular complexity index is 503. The van der Waals surface area contributed by atoms with Gasteiger partial charge in [-0.1, -0.05) is 19.9 Å². The van der Waals surface area contributed by atoms with E-state index in [1.54, 1.807) is 0 Å². The van der Waals surface area contributed by atoms with E-state index in [1.807, 2.05) is 18.3 Å². The van der Waals surface area contributed by atoms with E-state index < -0.39 is 0 Å². The zero-order valence-electron chi connectivity index (χ0n) is 8.20. The molecule has 0 aliphatic rings. The smallest absolute Gasteiger partial charge is 0.189 e. The summed E-state index contributed by atoms with van der Waals surface area (Å²) in [6.07, 6.45) is 1.82. The molecule has 0 spiro atoms. The van der Waals surface area contributed by atoms with Crippen LogP contribution in [0, 0.1) is 6.57 Å². The Morgan fingerprint density at radius 3 is 2.86 bits per heavy atom. The third kappa shape index (κ3) is 1.25. The van der Waals surface area contributed by atoms with Crippen molar-refractivity contribution in [1.29, 1.82) is 0 Å². The Morgan fingerprint density at radius 2 is 2.21 bits per heavy atom. The molecule has 0 saturated carbocycles. The third-order valence-corrected chi connectivity index (χ3v) is 2.33. The number of aromatic nitrogens is 2. The van der Waals surface area contributed by atoms with Crippen molar-refractivity contribution in [3.63, 3.8) is 0 Å². The predicted octanol–water partition coefficient (Wildman–Crippen LogP) is 3.24. The highest BCUT2D eigenvalue weighted by Gasteiger charge is 2.08. The molecule has 2 rings (SSSR count). The zero-order valence-corrected chi connectivity index (χ0v) is 8.20. The fourth-order valence-corrected chi connectivity index (χ4v) is 1.61. The van der Waals surface area contributed by atoms with Crippen LogP contribution in [0.3, 0.4) is 0 Å². The van der Waals surface area contributed by atoms with Crippen molar-refractivity contribution in [2.75, 3.05) is 0 Å². The van der Waals surface area contributed by atoms with Crippen LogP contribution in [-0.2, 0) is 0 Å².